The fraction of sp³-hybridized carbons (Fsp3) is 0.583. The summed E-state index contributed by atoms with van der Waals surface area (Å²) in [6.45, 7) is 6.17. The molecule has 2 heterocycles. The van der Waals surface area contributed by atoms with Crippen LogP contribution in [-0.4, -0.2) is 34.4 Å². The summed E-state index contributed by atoms with van der Waals surface area (Å²) in [6, 6.07) is 0. The maximum absolute atomic E-state index is 12.0. The number of aromatic nitrogens is 2. The van der Waals surface area contributed by atoms with Crippen molar-refractivity contribution in [2.24, 2.45) is 0 Å². The number of aldehydes is 1. The zero-order valence-corrected chi connectivity index (χ0v) is 10.7. The lowest BCUT2D eigenvalue weighted by atomic mass is 10.1. The van der Waals surface area contributed by atoms with E-state index in [0.717, 1.165) is 0 Å². The van der Waals surface area contributed by atoms with Crippen molar-refractivity contribution in [2.45, 2.75) is 39.4 Å². The Hall–Kier alpha value is -1.69. The molecule has 1 aliphatic rings. The van der Waals surface area contributed by atoms with E-state index in [1.807, 2.05) is 0 Å². The fourth-order valence-electron chi connectivity index (χ4n) is 1.81. The van der Waals surface area contributed by atoms with Crippen LogP contribution in [0.4, 0.5) is 4.79 Å². The van der Waals surface area contributed by atoms with Crippen LogP contribution in [0.15, 0.2) is 0 Å². The molecule has 0 radical (unpaired) electrons. The first-order valence-corrected chi connectivity index (χ1v) is 5.79. The molecule has 0 atom stereocenters. The quantitative estimate of drug-likeness (QED) is 0.709. The van der Waals surface area contributed by atoms with Crippen LogP contribution in [0.3, 0.4) is 0 Å². The topological polar surface area (TPSA) is 70.4 Å². The maximum atomic E-state index is 12.0. The number of rotatable bonds is 1. The van der Waals surface area contributed by atoms with Crippen LogP contribution in [0.2, 0.25) is 0 Å². The molecule has 0 N–H and O–H groups in total. The summed E-state index contributed by atoms with van der Waals surface area (Å²) >= 11 is 0. The van der Waals surface area contributed by atoms with Crippen molar-refractivity contribution in [3.63, 3.8) is 0 Å². The van der Waals surface area contributed by atoms with E-state index in [9.17, 15) is 9.59 Å². The number of hydrogen-bond acceptors (Lipinski definition) is 5. The third kappa shape index (κ3) is 2.43. The Kier molecular flexibility index (Phi) is 3.21. The Balaban J connectivity index is 2.36. The highest BCUT2D eigenvalue weighted by atomic mass is 16.6. The van der Waals surface area contributed by atoms with Crippen molar-refractivity contribution in [3.8, 4) is 0 Å². The van der Waals surface area contributed by atoms with Gasteiger partial charge in [0.05, 0.1) is 18.9 Å². The predicted molar refractivity (Wildman–Crippen MR) is 62.6 cm³/mol. The molecule has 2 rings (SSSR count). The van der Waals surface area contributed by atoms with E-state index in [4.69, 9.17) is 9.47 Å². The van der Waals surface area contributed by atoms with Gasteiger partial charge in [0.1, 0.15) is 11.3 Å². The third-order valence-electron chi connectivity index (χ3n) is 2.53. The molecule has 1 aliphatic heterocycles. The largest absolute Gasteiger partial charge is 0.442 e. The maximum Gasteiger partial charge on any atom is 0.435 e. The van der Waals surface area contributed by atoms with Gasteiger partial charge in [0.25, 0.3) is 0 Å². The third-order valence-corrected chi connectivity index (χ3v) is 2.53. The van der Waals surface area contributed by atoms with Crippen LogP contribution < -0.4 is 0 Å². The Labute approximate surface area is 105 Å². The lowest BCUT2D eigenvalue weighted by Crippen LogP contribution is -2.29. The van der Waals surface area contributed by atoms with Crippen molar-refractivity contribution >= 4 is 12.4 Å². The normalized spacial score (nSPS) is 15.1. The smallest absolute Gasteiger partial charge is 0.435 e. The monoisotopic (exact) mass is 252 g/mol. The lowest BCUT2D eigenvalue weighted by Gasteiger charge is -2.20. The highest BCUT2D eigenvalue weighted by Gasteiger charge is 2.27. The molecule has 1 aromatic rings. The summed E-state index contributed by atoms with van der Waals surface area (Å²) in [4.78, 5) is 22.9. The molecule has 6 heteroatoms. The van der Waals surface area contributed by atoms with Gasteiger partial charge in [-0.2, -0.15) is 9.78 Å². The molecule has 18 heavy (non-hydrogen) atoms. The molecule has 0 fully saturated rings. The minimum absolute atomic E-state index is 0.246. The summed E-state index contributed by atoms with van der Waals surface area (Å²) in [7, 11) is 0. The van der Waals surface area contributed by atoms with E-state index < -0.39 is 11.7 Å². The Morgan fingerprint density at radius 1 is 1.50 bits per heavy atom. The summed E-state index contributed by atoms with van der Waals surface area (Å²) in [5.41, 5.74) is 1.04. The minimum atomic E-state index is -0.595. The van der Waals surface area contributed by atoms with Crippen LogP contribution in [0.1, 0.15) is 42.5 Å². The molecule has 0 spiro atoms. The Morgan fingerprint density at radius 2 is 2.22 bits per heavy atom. The van der Waals surface area contributed by atoms with E-state index in [-0.39, 0.29) is 5.69 Å². The predicted octanol–water partition coefficient (Wildman–Crippen LogP) is 1.55. The van der Waals surface area contributed by atoms with E-state index in [2.05, 4.69) is 5.10 Å². The Morgan fingerprint density at radius 3 is 2.83 bits per heavy atom. The lowest BCUT2D eigenvalue weighted by molar-refractivity contribution is 0.0499. The Bertz CT molecular complexity index is 485. The molecule has 6 nitrogen and oxygen atoms in total. The van der Waals surface area contributed by atoms with E-state index >= 15 is 0 Å². The second kappa shape index (κ2) is 4.53. The van der Waals surface area contributed by atoms with Crippen LogP contribution in [0.25, 0.3) is 0 Å². The van der Waals surface area contributed by atoms with Gasteiger partial charge in [-0.3, -0.25) is 4.79 Å². The van der Waals surface area contributed by atoms with Gasteiger partial charge in [0.15, 0.2) is 6.29 Å². The summed E-state index contributed by atoms with van der Waals surface area (Å²) in [6.07, 6.45) is 0.623. The molecule has 0 saturated heterocycles. The van der Waals surface area contributed by atoms with Crippen molar-refractivity contribution in [1.29, 1.82) is 0 Å². The van der Waals surface area contributed by atoms with Crippen LogP contribution in [0.5, 0.6) is 0 Å². The molecule has 0 unspecified atom stereocenters. The molecule has 0 saturated carbocycles. The molecule has 98 valence electrons. The van der Waals surface area contributed by atoms with Crippen molar-refractivity contribution in [2.75, 3.05) is 6.61 Å². The summed E-state index contributed by atoms with van der Waals surface area (Å²) in [5, 5.41) is 3.99. The molecular formula is C12H16N2O4. The van der Waals surface area contributed by atoms with E-state index in [1.54, 1.807) is 20.8 Å². The van der Waals surface area contributed by atoms with Gasteiger partial charge in [0.2, 0.25) is 0 Å². The number of fused-ring (bicyclic) bond motifs is 1. The first-order valence-electron chi connectivity index (χ1n) is 5.79. The van der Waals surface area contributed by atoms with E-state index in [0.29, 0.717) is 37.2 Å². The van der Waals surface area contributed by atoms with Crippen molar-refractivity contribution < 1.29 is 19.1 Å². The second-order valence-corrected chi connectivity index (χ2v) is 5.12. The average molecular weight is 252 g/mol. The van der Waals surface area contributed by atoms with Crippen molar-refractivity contribution in [3.05, 3.63) is 17.0 Å². The van der Waals surface area contributed by atoms with Gasteiger partial charge < -0.3 is 9.47 Å². The molecule has 0 bridgehead atoms. The number of hydrogen-bond donors (Lipinski definition) is 0. The summed E-state index contributed by atoms with van der Waals surface area (Å²) in [5.74, 6) is 0. The highest BCUT2D eigenvalue weighted by molar-refractivity contribution is 5.78. The number of carbonyl (C=O) groups is 2. The highest BCUT2D eigenvalue weighted by Crippen LogP contribution is 2.21. The molecule has 0 aromatic carbocycles. The van der Waals surface area contributed by atoms with Gasteiger partial charge in [-0.1, -0.05) is 0 Å². The van der Waals surface area contributed by atoms with Gasteiger partial charge >= 0.3 is 6.09 Å². The van der Waals surface area contributed by atoms with Gasteiger partial charge in [-0.15, -0.1) is 0 Å². The zero-order chi connectivity index (χ0) is 13.3. The first-order chi connectivity index (χ1) is 8.42. The minimum Gasteiger partial charge on any atom is -0.442 e. The standard InChI is InChI=1S/C12H16N2O4/c1-12(2,3)18-11(16)14-10-4-5-17-7-8(10)9(6-15)13-14/h6H,4-5,7H2,1-3H3. The number of ether oxygens (including phenoxy) is 2. The average Bonchev–Trinajstić information content (AvgIpc) is 2.65. The van der Waals surface area contributed by atoms with Crippen LogP contribution in [0, 0.1) is 0 Å². The summed E-state index contributed by atoms with van der Waals surface area (Å²) < 4.78 is 11.7. The van der Waals surface area contributed by atoms with Crippen LogP contribution >= 0.6 is 0 Å². The number of nitrogens with zero attached hydrogens (tertiary/aromatic N) is 2. The van der Waals surface area contributed by atoms with Gasteiger partial charge in [0, 0.05) is 12.0 Å². The first kappa shape index (κ1) is 12.8. The number of carbonyl (C=O) groups excluding carboxylic acids is 2. The van der Waals surface area contributed by atoms with Gasteiger partial charge in [-0.05, 0) is 20.8 Å². The molecule has 0 amide bonds. The molecular weight excluding hydrogens is 236 g/mol. The molecule has 1 aromatic heterocycles. The van der Waals surface area contributed by atoms with Gasteiger partial charge in [-0.25, -0.2) is 4.79 Å². The van der Waals surface area contributed by atoms with Crippen LogP contribution in [-0.2, 0) is 22.5 Å². The molecule has 0 aliphatic carbocycles. The van der Waals surface area contributed by atoms with E-state index in [1.165, 1.54) is 4.68 Å². The SMILES string of the molecule is CC(C)(C)OC(=O)n1nc(C=O)c2c1CCOC2. The van der Waals surface area contributed by atoms with Crippen molar-refractivity contribution in [1.82, 2.24) is 9.78 Å². The second-order valence-electron chi connectivity index (χ2n) is 5.12. The fourth-order valence-corrected chi connectivity index (χ4v) is 1.81. The zero-order valence-electron chi connectivity index (χ0n) is 10.7.